The number of likely N-dealkylation sites (tertiary alicyclic amines) is 1. The van der Waals surface area contributed by atoms with Gasteiger partial charge in [0.1, 0.15) is 11.6 Å². The smallest absolute Gasteiger partial charge is 0.319 e. The Morgan fingerprint density at radius 2 is 1.94 bits per heavy atom. The number of hydrogen-bond donors (Lipinski definition) is 3. The van der Waals surface area contributed by atoms with E-state index in [0.717, 1.165) is 43.2 Å². The number of ether oxygens (including phenoxy) is 1. The molecule has 3 N–H and O–H groups in total. The molecule has 2 amide bonds. The molecule has 0 unspecified atom stereocenters. The lowest BCUT2D eigenvalue weighted by molar-refractivity contribution is 0.247. The number of amides is 2. The highest BCUT2D eigenvalue weighted by molar-refractivity contribution is 5.89. The number of aliphatic hydroxyl groups is 1. The lowest BCUT2D eigenvalue weighted by atomic mass is 10.1. The van der Waals surface area contributed by atoms with E-state index in [1.54, 1.807) is 12.1 Å². The van der Waals surface area contributed by atoms with Gasteiger partial charge in [-0.2, -0.15) is 0 Å². The standard InChI is InChI=1S/C26H30FN3O3/c27-22-9-8-20-14-19(6-7-21(20)15-22)17-30-11-10-24(18-30)29-26(32)28-23-4-3-5-25(16-23)33-13-2-1-12-31/h3-9,14-16,24,31H,1-2,10-13,17-18H2,(H2,28,29,32)/t24-/m1/s1. The molecule has 174 valence electrons. The number of urea groups is 1. The second-order valence-electron chi connectivity index (χ2n) is 8.45. The average molecular weight is 452 g/mol. The number of benzene rings is 3. The summed E-state index contributed by atoms with van der Waals surface area (Å²) in [6, 6.07) is 18.1. The lowest BCUT2D eigenvalue weighted by Gasteiger charge is -2.17. The van der Waals surface area contributed by atoms with Gasteiger partial charge in [-0.3, -0.25) is 4.90 Å². The van der Waals surface area contributed by atoms with Gasteiger partial charge in [-0.1, -0.05) is 24.3 Å². The van der Waals surface area contributed by atoms with Crippen LogP contribution in [0.4, 0.5) is 14.9 Å². The molecule has 0 aromatic heterocycles. The minimum absolute atomic E-state index is 0.0810. The van der Waals surface area contributed by atoms with E-state index < -0.39 is 0 Å². The van der Waals surface area contributed by atoms with Crippen LogP contribution in [0.2, 0.25) is 0 Å². The Bertz CT molecular complexity index is 1090. The van der Waals surface area contributed by atoms with E-state index in [0.29, 0.717) is 24.5 Å². The van der Waals surface area contributed by atoms with Gasteiger partial charge in [-0.25, -0.2) is 9.18 Å². The Morgan fingerprint density at radius 3 is 2.82 bits per heavy atom. The van der Waals surface area contributed by atoms with E-state index in [9.17, 15) is 9.18 Å². The van der Waals surface area contributed by atoms with E-state index in [4.69, 9.17) is 9.84 Å². The highest BCUT2D eigenvalue weighted by Crippen LogP contribution is 2.21. The third kappa shape index (κ3) is 6.66. The molecule has 1 heterocycles. The Hall–Kier alpha value is -3.16. The van der Waals surface area contributed by atoms with Crippen LogP contribution in [0.5, 0.6) is 5.75 Å². The fraction of sp³-hybridized carbons (Fsp3) is 0.346. The predicted molar refractivity (Wildman–Crippen MR) is 128 cm³/mol. The van der Waals surface area contributed by atoms with Gasteiger partial charge in [-0.05, 0) is 65.9 Å². The van der Waals surface area contributed by atoms with Crippen LogP contribution in [-0.4, -0.2) is 48.4 Å². The van der Waals surface area contributed by atoms with Gasteiger partial charge in [0.2, 0.25) is 0 Å². The number of unbranched alkanes of at least 4 members (excludes halogenated alkanes) is 1. The Balaban J connectivity index is 1.24. The quantitative estimate of drug-likeness (QED) is 0.418. The van der Waals surface area contributed by atoms with Crippen molar-refractivity contribution >= 4 is 22.5 Å². The molecular formula is C26H30FN3O3. The minimum Gasteiger partial charge on any atom is -0.494 e. The summed E-state index contributed by atoms with van der Waals surface area (Å²) >= 11 is 0. The zero-order chi connectivity index (χ0) is 23.0. The summed E-state index contributed by atoms with van der Waals surface area (Å²) in [5, 5.41) is 16.7. The number of fused-ring (bicyclic) bond motifs is 1. The Morgan fingerprint density at radius 1 is 1.09 bits per heavy atom. The molecule has 0 spiro atoms. The van der Waals surface area contributed by atoms with Gasteiger partial charge >= 0.3 is 6.03 Å². The van der Waals surface area contributed by atoms with Crippen LogP contribution >= 0.6 is 0 Å². The number of anilines is 1. The summed E-state index contributed by atoms with van der Waals surface area (Å²) in [4.78, 5) is 14.8. The summed E-state index contributed by atoms with van der Waals surface area (Å²) in [7, 11) is 0. The molecule has 33 heavy (non-hydrogen) atoms. The fourth-order valence-electron chi connectivity index (χ4n) is 4.14. The van der Waals surface area contributed by atoms with E-state index in [2.05, 4.69) is 21.6 Å². The zero-order valence-electron chi connectivity index (χ0n) is 18.6. The maximum atomic E-state index is 13.4. The van der Waals surface area contributed by atoms with Gasteiger partial charge in [-0.15, -0.1) is 0 Å². The number of rotatable bonds is 9. The van der Waals surface area contributed by atoms with Crippen LogP contribution in [-0.2, 0) is 6.54 Å². The molecule has 1 saturated heterocycles. The van der Waals surface area contributed by atoms with Crippen LogP contribution in [0, 0.1) is 5.82 Å². The van der Waals surface area contributed by atoms with Gasteiger partial charge in [0.15, 0.2) is 0 Å². The molecule has 6 nitrogen and oxygen atoms in total. The molecule has 4 rings (SSSR count). The first kappa shape index (κ1) is 23.0. The normalized spacial score (nSPS) is 16.1. The average Bonchev–Trinajstić information content (AvgIpc) is 3.23. The Kier molecular flexibility index (Phi) is 7.75. The van der Waals surface area contributed by atoms with Crippen LogP contribution < -0.4 is 15.4 Å². The predicted octanol–water partition coefficient (Wildman–Crippen LogP) is 4.53. The molecule has 1 fully saturated rings. The topological polar surface area (TPSA) is 73.8 Å². The van der Waals surface area contributed by atoms with Crippen LogP contribution in [0.15, 0.2) is 60.7 Å². The Labute approximate surface area is 193 Å². The van der Waals surface area contributed by atoms with E-state index in [1.165, 1.54) is 11.6 Å². The third-order valence-corrected chi connectivity index (χ3v) is 5.79. The van der Waals surface area contributed by atoms with Crippen LogP contribution in [0.1, 0.15) is 24.8 Å². The molecule has 0 aliphatic carbocycles. The van der Waals surface area contributed by atoms with Gasteiger partial charge in [0, 0.05) is 44.0 Å². The molecule has 1 aliphatic rings. The van der Waals surface area contributed by atoms with Crippen molar-refractivity contribution in [1.82, 2.24) is 10.2 Å². The first-order valence-electron chi connectivity index (χ1n) is 11.4. The molecule has 0 bridgehead atoms. The number of hydrogen-bond acceptors (Lipinski definition) is 4. The van der Waals surface area contributed by atoms with E-state index in [1.807, 2.05) is 36.4 Å². The van der Waals surface area contributed by atoms with Gasteiger partial charge < -0.3 is 20.5 Å². The molecule has 7 heteroatoms. The zero-order valence-corrected chi connectivity index (χ0v) is 18.6. The second kappa shape index (κ2) is 11.1. The van der Waals surface area contributed by atoms with Crippen molar-refractivity contribution in [3.8, 4) is 5.75 Å². The minimum atomic E-state index is -0.230. The fourth-order valence-corrected chi connectivity index (χ4v) is 4.14. The first-order valence-corrected chi connectivity index (χ1v) is 11.4. The molecule has 3 aromatic carbocycles. The van der Waals surface area contributed by atoms with Crippen molar-refractivity contribution in [2.45, 2.75) is 31.8 Å². The molecule has 3 aromatic rings. The monoisotopic (exact) mass is 451 g/mol. The number of carbonyl (C=O) groups excluding carboxylic acids is 1. The highest BCUT2D eigenvalue weighted by Gasteiger charge is 2.24. The summed E-state index contributed by atoms with van der Waals surface area (Å²) in [5.74, 6) is 0.468. The highest BCUT2D eigenvalue weighted by atomic mass is 19.1. The first-order chi connectivity index (χ1) is 16.1. The number of carbonyl (C=O) groups is 1. The van der Waals surface area contributed by atoms with E-state index in [-0.39, 0.29) is 24.5 Å². The van der Waals surface area contributed by atoms with Crippen molar-refractivity contribution < 1.29 is 19.0 Å². The van der Waals surface area contributed by atoms with Crippen molar-refractivity contribution in [3.63, 3.8) is 0 Å². The summed E-state index contributed by atoms with van der Waals surface area (Å²) < 4.78 is 19.0. The maximum Gasteiger partial charge on any atom is 0.319 e. The number of halogens is 1. The third-order valence-electron chi connectivity index (χ3n) is 5.79. The lowest BCUT2D eigenvalue weighted by Crippen LogP contribution is -2.39. The SMILES string of the molecule is O=C(Nc1cccc(OCCCCO)c1)N[C@@H]1CCN(Cc2ccc3cc(F)ccc3c2)C1. The summed E-state index contributed by atoms with van der Waals surface area (Å²) in [5.41, 5.74) is 1.85. The van der Waals surface area contributed by atoms with Crippen LogP contribution in [0.3, 0.4) is 0 Å². The molecular weight excluding hydrogens is 421 g/mol. The van der Waals surface area contributed by atoms with Crippen molar-refractivity contribution in [3.05, 3.63) is 72.0 Å². The molecule has 1 aliphatic heterocycles. The largest absolute Gasteiger partial charge is 0.494 e. The van der Waals surface area contributed by atoms with Crippen molar-refractivity contribution in [2.75, 3.05) is 31.6 Å². The number of nitrogens with zero attached hydrogens (tertiary/aromatic N) is 1. The van der Waals surface area contributed by atoms with Crippen molar-refractivity contribution in [2.24, 2.45) is 0 Å². The van der Waals surface area contributed by atoms with Gasteiger partial charge in [0.05, 0.1) is 6.61 Å². The number of aliphatic hydroxyl groups excluding tert-OH is 1. The van der Waals surface area contributed by atoms with Crippen LogP contribution in [0.25, 0.3) is 10.8 Å². The molecule has 1 atom stereocenters. The second-order valence-corrected chi connectivity index (χ2v) is 8.45. The van der Waals surface area contributed by atoms with Crippen molar-refractivity contribution in [1.29, 1.82) is 0 Å². The molecule has 0 radical (unpaired) electrons. The summed E-state index contributed by atoms with van der Waals surface area (Å²) in [6.07, 6.45) is 2.38. The molecule has 0 saturated carbocycles. The van der Waals surface area contributed by atoms with E-state index >= 15 is 0 Å². The summed E-state index contributed by atoms with van der Waals surface area (Å²) in [6.45, 7) is 3.17. The maximum absolute atomic E-state index is 13.4. The van der Waals surface area contributed by atoms with Gasteiger partial charge in [0.25, 0.3) is 0 Å². The number of nitrogens with one attached hydrogen (secondary N) is 2.